The van der Waals surface area contributed by atoms with E-state index in [-0.39, 0.29) is 0 Å². The second-order valence-electron chi connectivity index (χ2n) is 5.08. The first-order valence-corrected chi connectivity index (χ1v) is 6.33. The Morgan fingerprint density at radius 2 is 2.17 bits per heavy atom. The lowest BCUT2D eigenvalue weighted by atomic mass is 9.90. The van der Waals surface area contributed by atoms with E-state index in [0.29, 0.717) is 12.5 Å². The van der Waals surface area contributed by atoms with Crippen molar-refractivity contribution in [2.75, 3.05) is 19.6 Å². The summed E-state index contributed by atoms with van der Waals surface area (Å²) in [6, 6.07) is 9.42. The minimum absolute atomic E-state index is 0.410. The van der Waals surface area contributed by atoms with Gasteiger partial charge in [-0.2, -0.15) is 0 Å². The standard InChI is InChI=1S/C14H20N2O2/c1-14(13(17)18,12-5-3-2-4-6-12)16-8-7-11(9-15)10-16/h2-6,11H,7-10,15H2,1H3,(H,17,18). The molecule has 0 radical (unpaired) electrons. The highest BCUT2D eigenvalue weighted by Gasteiger charge is 2.44. The number of nitrogens with two attached hydrogens (primary N) is 1. The molecule has 2 rings (SSSR count). The number of benzene rings is 1. The van der Waals surface area contributed by atoms with Crippen LogP contribution in [0.2, 0.25) is 0 Å². The van der Waals surface area contributed by atoms with E-state index in [1.54, 1.807) is 6.92 Å². The zero-order valence-electron chi connectivity index (χ0n) is 10.7. The predicted molar refractivity (Wildman–Crippen MR) is 70.2 cm³/mol. The normalized spacial score (nSPS) is 23.8. The van der Waals surface area contributed by atoms with Gasteiger partial charge in [0, 0.05) is 6.54 Å². The van der Waals surface area contributed by atoms with Crippen molar-refractivity contribution in [1.29, 1.82) is 0 Å². The molecule has 1 fully saturated rings. The van der Waals surface area contributed by atoms with E-state index in [9.17, 15) is 9.90 Å². The summed E-state index contributed by atoms with van der Waals surface area (Å²) in [5.74, 6) is -0.390. The molecule has 0 amide bonds. The zero-order chi connectivity index (χ0) is 13.2. The summed E-state index contributed by atoms with van der Waals surface area (Å²) in [4.78, 5) is 13.8. The highest BCUT2D eigenvalue weighted by atomic mass is 16.4. The van der Waals surface area contributed by atoms with Crippen molar-refractivity contribution in [3.8, 4) is 0 Å². The van der Waals surface area contributed by atoms with Gasteiger partial charge in [0.15, 0.2) is 0 Å². The second kappa shape index (κ2) is 5.08. The van der Waals surface area contributed by atoms with Crippen molar-refractivity contribution >= 4 is 5.97 Å². The quantitative estimate of drug-likeness (QED) is 0.842. The monoisotopic (exact) mass is 248 g/mol. The van der Waals surface area contributed by atoms with Crippen LogP contribution in [0.5, 0.6) is 0 Å². The Labute approximate surface area is 107 Å². The summed E-state index contributed by atoms with van der Waals surface area (Å²) in [7, 11) is 0. The SMILES string of the molecule is CC(C(=O)O)(c1ccccc1)N1CCC(CN)C1. The van der Waals surface area contributed by atoms with Crippen molar-refractivity contribution in [3.63, 3.8) is 0 Å². The lowest BCUT2D eigenvalue weighted by Crippen LogP contribution is -2.49. The van der Waals surface area contributed by atoms with Crippen LogP contribution in [0.25, 0.3) is 0 Å². The van der Waals surface area contributed by atoms with Crippen molar-refractivity contribution in [1.82, 2.24) is 4.90 Å². The molecule has 1 aliphatic heterocycles. The van der Waals surface area contributed by atoms with E-state index >= 15 is 0 Å². The largest absolute Gasteiger partial charge is 0.480 e. The van der Waals surface area contributed by atoms with E-state index in [2.05, 4.69) is 0 Å². The van der Waals surface area contributed by atoms with Gasteiger partial charge in [0.2, 0.25) is 0 Å². The molecule has 0 spiro atoms. The molecule has 1 saturated heterocycles. The summed E-state index contributed by atoms with van der Waals surface area (Å²) >= 11 is 0. The van der Waals surface area contributed by atoms with Crippen molar-refractivity contribution < 1.29 is 9.90 Å². The number of carbonyl (C=O) groups is 1. The molecule has 0 bridgehead atoms. The summed E-state index contributed by atoms with van der Waals surface area (Å²) in [6.45, 7) is 3.96. The molecule has 3 N–H and O–H groups in total. The average molecular weight is 248 g/mol. The average Bonchev–Trinajstić information content (AvgIpc) is 2.87. The second-order valence-corrected chi connectivity index (χ2v) is 5.08. The van der Waals surface area contributed by atoms with Gasteiger partial charge >= 0.3 is 5.97 Å². The highest BCUT2D eigenvalue weighted by molar-refractivity contribution is 5.80. The summed E-state index contributed by atoms with van der Waals surface area (Å²) in [6.07, 6.45) is 0.978. The minimum atomic E-state index is -0.953. The number of carboxylic acids is 1. The van der Waals surface area contributed by atoms with Crippen molar-refractivity contribution in [3.05, 3.63) is 35.9 Å². The molecule has 2 atom stereocenters. The molecule has 1 heterocycles. The van der Waals surface area contributed by atoms with Gasteiger partial charge in [-0.3, -0.25) is 4.90 Å². The zero-order valence-corrected chi connectivity index (χ0v) is 10.7. The first kappa shape index (κ1) is 13.1. The Balaban J connectivity index is 2.31. The number of nitrogens with zero attached hydrogens (tertiary/aromatic N) is 1. The predicted octanol–water partition coefficient (Wildman–Crippen LogP) is 1.27. The third kappa shape index (κ3) is 2.13. The summed E-state index contributed by atoms with van der Waals surface area (Å²) in [5, 5.41) is 9.63. The van der Waals surface area contributed by atoms with E-state index < -0.39 is 11.5 Å². The first-order chi connectivity index (χ1) is 8.59. The lowest BCUT2D eigenvalue weighted by Gasteiger charge is -2.35. The van der Waals surface area contributed by atoms with Gasteiger partial charge in [0.1, 0.15) is 5.54 Å². The Bertz CT molecular complexity index is 421. The van der Waals surface area contributed by atoms with Crippen LogP contribution in [-0.2, 0) is 10.3 Å². The number of carboxylic acid groups (broad SMARTS) is 1. The third-order valence-corrected chi connectivity index (χ3v) is 4.00. The van der Waals surface area contributed by atoms with Crippen molar-refractivity contribution in [2.45, 2.75) is 18.9 Å². The number of likely N-dealkylation sites (tertiary alicyclic amines) is 1. The molecule has 4 nitrogen and oxygen atoms in total. The van der Waals surface area contributed by atoms with Gasteiger partial charge in [-0.1, -0.05) is 30.3 Å². The van der Waals surface area contributed by atoms with E-state index in [0.717, 1.165) is 25.1 Å². The molecular weight excluding hydrogens is 228 g/mol. The third-order valence-electron chi connectivity index (χ3n) is 4.00. The molecule has 18 heavy (non-hydrogen) atoms. The van der Waals surface area contributed by atoms with Crippen LogP contribution in [0.1, 0.15) is 18.9 Å². The van der Waals surface area contributed by atoms with Gasteiger partial charge in [-0.15, -0.1) is 0 Å². The molecule has 1 aromatic carbocycles. The van der Waals surface area contributed by atoms with E-state index in [1.165, 1.54) is 0 Å². The van der Waals surface area contributed by atoms with Crippen LogP contribution in [0, 0.1) is 5.92 Å². The summed E-state index contributed by atoms with van der Waals surface area (Å²) in [5.41, 5.74) is 5.56. The highest BCUT2D eigenvalue weighted by Crippen LogP contribution is 2.33. The van der Waals surface area contributed by atoms with Gasteiger partial charge in [0.25, 0.3) is 0 Å². The first-order valence-electron chi connectivity index (χ1n) is 6.33. The number of hydrogen-bond acceptors (Lipinski definition) is 3. The fraction of sp³-hybridized carbons (Fsp3) is 0.500. The number of hydrogen-bond donors (Lipinski definition) is 2. The molecular formula is C14H20N2O2. The van der Waals surface area contributed by atoms with Crippen LogP contribution >= 0.6 is 0 Å². The lowest BCUT2D eigenvalue weighted by molar-refractivity contribution is -0.150. The Morgan fingerprint density at radius 3 is 2.67 bits per heavy atom. The fourth-order valence-electron chi connectivity index (χ4n) is 2.64. The maximum Gasteiger partial charge on any atom is 0.328 e. The Hall–Kier alpha value is -1.39. The molecule has 98 valence electrons. The molecule has 0 saturated carbocycles. The minimum Gasteiger partial charge on any atom is -0.480 e. The fourth-order valence-corrected chi connectivity index (χ4v) is 2.64. The maximum atomic E-state index is 11.7. The number of aliphatic carboxylic acids is 1. The van der Waals surface area contributed by atoms with Crippen LogP contribution < -0.4 is 5.73 Å². The molecule has 0 aromatic heterocycles. The van der Waals surface area contributed by atoms with Gasteiger partial charge in [-0.25, -0.2) is 4.79 Å². The van der Waals surface area contributed by atoms with Crippen LogP contribution in [0.15, 0.2) is 30.3 Å². The van der Waals surface area contributed by atoms with Crippen LogP contribution in [-0.4, -0.2) is 35.6 Å². The molecule has 2 unspecified atom stereocenters. The van der Waals surface area contributed by atoms with Crippen molar-refractivity contribution in [2.24, 2.45) is 11.7 Å². The van der Waals surface area contributed by atoms with Gasteiger partial charge in [-0.05, 0) is 37.9 Å². The topological polar surface area (TPSA) is 66.6 Å². The van der Waals surface area contributed by atoms with Gasteiger partial charge in [0.05, 0.1) is 0 Å². The summed E-state index contributed by atoms with van der Waals surface area (Å²) < 4.78 is 0. The molecule has 0 aliphatic carbocycles. The molecule has 4 heteroatoms. The van der Waals surface area contributed by atoms with Crippen LogP contribution in [0.4, 0.5) is 0 Å². The van der Waals surface area contributed by atoms with E-state index in [1.807, 2.05) is 35.2 Å². The Morgan fingerprint density at radius 1 is 1.50 bits per heavy atom. The molecule has 1 aromatic rings. The van der Waals surface area contributed by atoms with E-state index in [4.69, 9.17) is 5.73 Å². The van der Waals surface area contributed by atoms with Gasteiger partial charge < -0.3 is 10.8 Å². The smallest absolute Gasteiger partial charge is 0.328 e. The molecule has 1 aliphatic rings. The van der Waals surface area contributed by atoms with Crippen LogP contribution in [0.3, 0.4) is 0 Å². The Kier molecular flexibility index (Phi) is 3.68. The number of rotatable bonds is 4. The maximum absolute atomic E-state index is 11.7.